The number of benzene rings is 1. The Morgan fingerprint density at radius 3 is 2.71 bits per heavy atom. The quantitative estimate of drug-likeness (QED) is 0.646. The normalized spacial score (nSPS) is 19.0. The molecule has 0 bridgehead atoms. The SMILES string of the molecule is CC(C)(C(=O)OCCOc1ccccc1)C1CCCNC1. The van der Waals surface area contributed by atoms with Crippen LogP contribution in [0.25, 0.3) is 0 Å². The van der Waals surface area contributed by atoms with Crippen LogP contribution in [0, 0.1) is 11.3 Å². The van der Waals surface area contributed by atoms with Crippen molar-refractivity contribution in [3.63, 3.8) is 0 Å². The lowest BCUT2D eigenvalue weighted by Crippen LogP contribution is -2.43. The Bertz CT molecular complexity index is 439. The lowest BCUT2D eigenvalue weighted by molar-refractivity contribution is -0.158. The van der Waals surface area contributed by atoms with Gasteiger partial charge in [-0.15, -0.1) is 0 Å². The van der Waals surface area contributed by atoms with E-state index in [1.54, 1.807) is 0 Å². The first-order valence-corrected chi connectivity index (χ1v) is 7.66. The lowest BCUT2D eigenvalue weighted by Gasteiger charge is -2.35. The summed E-state index contributed by atoms with van der Waals surface area (Å²) in [5.41, 5.74) is -0.444. The van der Waals surface area contributed by atoms with Crippen LogP contribution in [-0.2, 0) is 9.53 Å². The van der Waals surface area contributed by atoms with Crippen molar-refractivity contribution >= 4 is 5.97 Å². The fourth-order valence-corrected chi connectivity index (χ4v) is 2.63. The minimum absolute atomic E-state index is 0.132. The van der Waals surface area contributed by atoms with Crippen LogP contribution in [0.15, 0.2) is 30.3 Å². The van der Waals surface area contributed by atoms with E-state index in [-0.39, 0.29) is 12.6 Å². The van der Waals surface area contributed by atoms with E-state index in [4.69, 9.17) is 9.47 Å². The van der Waals surface area contributed by atoms with Gasteiger partial charge in [0.1, 0.15) is 19.0 Å². The molecular weight excluding hydrogens is 266 g/mol. The van der Waals surface area contributed by atoms with Gasteiger partial charge in [0, 0.05) is 0 Å². The smallest absolute Gasteiger partial charge is 0.311 e. The standard InChI is InChI=1S/C17H25NO3/c1-17(2,14-7-6-10-18-13-14)16(19)21-12-11-20-15-8-4-3-5-9-15/h3-5,8-9,14,18H,6-7,10-13H2,1-2H3. The van der Waals surface area contributed by atoms with Gasteiger partial charge < -0.3 is 14.8 Å². The Hall–Kier alpha value is -1.55. The van der Waals surface area contributed by atoms with Crippen molar-refractivity contribution in [2.75, 3.05) is 26.3 Å². The van der Waals surface area contributed by atoms with Crippen molar-refractivity contribution in [2.24, 2.45) is 11.3 Å². The molecule has 116 valence electrons. The van der Waals surface area contributed by atoms with Gasteiger partial charge >= 0.3 is 5.97 Å². The van der Waals surface area contributed by atoms with Crippen LogP contribution in [0.4, 0.5) is 0 Å². The Kier molecular flexibility index (Phi) is 5.62. The minimum atomic E-state index is -0.444. The summed E-state index contributed by atoms with van der Waals surface area (Å²) in [5.74, 6) is 1.01. The molecule has 1 unspecified atom stereocenters. The molecule has 1 atom stereocenters. The van der Waals surface area contributed by atoms with Gasteiger partial charge in [0.25, 0.3) is 0 Å². The summed E-state index contributed by atoms with van der Waals surface area (Å²) in [6.07, 6.45) is 2.20. The number of carbonyl (C=O) groups is 1. The van der Waals surface area contributed by atoms with Crippen molar-refractivity contribution < 1.29 is 14.3 Å². The number of esters is 1. The monoisotopic (exact) mass is 291 g/mol. The largest absolute Gasteiger partial charge is 0.490 e. The molecule has 0 amide bonds. The molecule has 21 heavy (non-hydrogen) atoms. The number of rotatable bonds is 6. The van der Waals surface area contributed by atoms with Crippen LogP contribution in [0.5, 0.6) is 5.75 Å². The van der Waals surface area contributed by atoms with Gasteiger partial charge in [0.15, 0.2) is 0 Å². The molecule has 1 aromatic carbocycles. The van der Waals surface area contributed by atoms with Crippen LogP contribution >= 0.6 is 0 Å². The van der Waals surface area contributed by atoms with E-state index in [1.807, 2.05) is 44.2 Å². The second-order valence-corrected chi connectivity index (χ2v) is 6.06. The summed E-state index contributed by atoms with van der Waals surface area (Å²) < 4.78 is 10.9. The average molecular weight is 291 g/mol. The highest BCUT2D eigenvalue weighted by molar-refractivity contribution is 5.76. The zero-order chi connectivity index (χ0) is 15.1. The maximum atomic E-state index is 12.3. The highest BCUT2D eigenvalue weighted by atomic mass is 16.6. The van der Waals surface area contributed by atoms with Crippen LogP contribution < -0.4 is 10.1 Å². The summed E-state index contributed by atoms with van der Waals surface area (Å²) in [4.78, 5) is 12.3. The molecule has 2 rings (SSSR count). The van der Waals surface area contributed by atoms with Gasteiger partial charge in [-0.3, -0.25) is 4.79 Å². The molecular formula is C17H25NO3. The van der Waals surface area contributed by atoms with Crippen LogP contribution in [0.3, 0.4) is 0 Å². The van der Waals surface area contributed by atoms with Crippen LogP contribution in [-0.4, -0.2) is 32.3 Å². The summed E-state index contributed by atoms with van der Waals surface area (Å²) >= 11 is 0. The first kappa shape index (κ1) is 15.8. The van der Waals surface area contributed by atoms with E-state index < -0.39 is 5.41 Å². The van der Waals surface area contributed by atoms with Crippen LogP contribution in [0.1, 0.15) is 26.7 Å². The predicted molar refractivity (Wildman–Crippen MR) is 82.3 cm³/mol. The summed E-state index contributed by atoms with van der Waals surface area (Å²) in [7, 11) is 0. The molecule has 0 radical (unpaired) electrons. The highest BCUT2D eigenvalue weighted by Gasteiger charge is 2.38. The third-order valence-electron chi connectivity index (χ3n) is 4.17. The highest BCUT2D eigenvalue weighted by Crippen LogP contribution is 2.32. The maximum absolute atomic E-state index is 12.3. The number of para-hydroxylation sites is 1. The summed E-state index contributed by atoms with van der Waals surface area (Å²) in [5, 5.41) is 3.35. The summed E-state index contributed by atoms with van der Waals surface area (Å²) in [6, 6.07) is 9.55. The topological polar surface area (TPSA) is 47.6 Å². The molecule has 0 spiro atoms. The number of piperidine rings is 1. The Labute approximate surface area is 126 Å². The van der Waals surface area contributed by atoms with Gasteiger partial charge in [-0.2, -0.15) is 0 Å². The molecule has 1 saturated heterocycles. The van der Waals surface area contributed by atoms with Gasteiger partial charge in [-0.1, -0.05) is 18.2 Å². The van der Waals surface area contributed by atoms with E-state index in [2.05, 4.69) is 5.32 Å². The van der Waals surface area contributed by atoms with E-state index in [9.17, 15) is 4.79 Å². The zero-order valence-electron chi connectivity index (χ0n) is 12.9. The third-order valence-corrected chi connectivity index (χ3v) is 4.17. The third kappa shape index (κ3) is 4.46. The molecule has 0 saturated carbocycles. The molecule has 4 heteroatoms. The summed E-state index contributed by atoms with van der Waals surface area (Å²) in [6.45, 7) is 6.57. The number of hydrogen-bond acceptors (Lipinski definition) is 4. The molecule has 1 N–H and O–H groups in total. The second kappa shape index (κ2) is 7.46. The molecule has 1 aliphatic heterocycles. The van der Waals surface area contributed by atoms with Crippen molar-refractivity contribution in [3.8, 4) is 5.75 Å². The van der Waals surface area contributed by atoms with Crippen molar-refractivity contribution in [1.29, 1.82) is 0 Å². The van der Waals surface area contributed by atoms with Gasteiger partial charge in [0.05, 0.1) is 5.41 Å². The zero-order valence-corrected chi connectivity index (χ0v) is 12.9. The van der Waals surface area contributed by atoms with E-state index >= 15 is 0 Å². The molecule has 0 aromatic heterocycles. The van der Waals surface area contributed by atoms with Gasteiger partial charge in [0.2, 0.25) is 0 Å². The number of hydrogen-bond donors (Lipinski definition) is 1. The fraction of sp³-hybridized carbons (Fsp3) is 0.588. The molecule has 0 aliphatic carbocycles. The molecule has 1 heterocycles. The van der Waals surface area contributed by atoms with E-state index in [1.165, 1.54) is 0 Å². The Balaban J connectivity index is 1.73. The number of carbonyl (C=O) groups excluding carboxylic acids is 1. The minimum Gasteiger partial charge on any atom is -0.490 e. The first-order chi connectivity index (χ1) is 10.1. The molecule has 1 aromatic rings. The molecule has 1 aliphatic rings. The molecule has 4 nitrogen and oxygen atoms in total. The fourth-order valence-electron chi connectivity index (χ4n) is 2.63. The molecule has 1 fully saturated rings. The van der Waals surface area contributed by atoms with Crippen molar-refractivity contribution in [2.45, 2.75) is 26.7 Å². The van der Waals surface area contributed by atoms with Crippen LogP contribution in [0.2, 0.25) is 0 Å². The van der Waals surface area contributed by atoms with Gasteiger partial charge in [-0.05, 0) is 57.8 Å². The Morgan fingerprint density at radius 1 is 1.29 bits per heavy atom. The van der Waals surface area contributed by atoms with Crippen molar-refractivity contribution in [3.05, 3.63) is 30.3 Å². The van der Waals surface area contributed by atoms with Gasteiger partial charge in [-0.25, -0.2) is 0 Å². The number of nitrogens with one attached hydrogen (secondary N) is 1. The first-order valence-electron chi connectivity index (χ1n) is 7.66. The predicted octanol–water partition coefficient (Wildman–Crippen LogP) is 2.63. The maximum Gasteiger partial charge on any atom is 0.311 e. The van der Waals surface area contributed by atoms with E-state index in [0.717, 1.165) is 31.7 Å². The Morgan fingerprint density at radius 2 is 2.05 bits per heavy atom. The average Bonchev–Trinajstić information content (AvgIpc) is 2.53. The lowest BCUT2D eigenvalue weighted by atomic mass is 9.75. The number of ether oxygens (including phenoxy) is 2. The second-order valence-electron chi connectivity index (χ2n) is 6.06. The van der Waals surface area contributed by atoms with Crippen molar-refractivity contribution in [1.82, 2.24) is 5.32 Å². The van der Waals surface area contributed by atoms with E-state index in [0.29, 0.717) is 12.5 Å².